The maximum atomic E-state index is 15.6. The first-order valence-electron chi connectivity index (χ1n) is 12.7. The molecule has 0 fully saturated rings. The number of fused-ring (bicyclic) bond motifs is 2. The summed E-state index contributed by atoms with van der Waals surface area (Å²) in [6, 6.07) is 7.83. The molecule has 1 aliphatic heterocycles. The highest BCUT2D eigenvalue weighted by molar-refractivity contribution is 6.06. The number of pyridine rings is 1. The molecule has 0 N–H and O–H groups in total. The topological polar surface area (TPSA) is 103 Å². The van der Waals surface area contributed by atoms with Crippen LogP contribution in [0.25, 0.3) is 22.3 Å². The van der Waals surface area contributed by atoms with E-state index in [0.717, 1.165) is 33.3 Å². The molecule has 6 rings (SSSR count). The zero-order valence-electron chi connectivity index (χ0n) is 23.0. The lowest BCUT2D eigenvalue weighted by atomic mass is 10.0. The number of urea groups is 1. The predicted octanol–water partition coefficient (Wildman–Crippen LogP) is 4.51. The van der Waals surface area contributed by atoms with Crippen LogP contribution in [0.4, 0.5) is 25.0 Å². The molecule has 0 saturated heterocycles. The van der Waals surface area contributed by atoms with Crippen molar-refractivity contribution < 1.29 is 23.0 Å². The summed E-state index contributed by atoms with van der Waals surface area (Å²) in [6.45, 7) is 1.84. The van der Waals surface area contributed by atoms with Gasteiger partial charge in [0.05, 0.1) is 49.9 Å². The average molecular weight is 561 g/mol. The number of methoxy groups -OCH3 is 2. The van der Waals surface area contributed by atoms with Gasteiger partial charge in [-0.15, -0.1) is 5.10 Å². The Balaban J connectivity index is 1.50. The van der Waals surface area contributed by atoms with Gasteiger partial charge in [0.1, 0.15) is 11.2 Å². The van der Waals surface area contributed by atoms with Crippen molar-refractivity contribution >= 4 is 28.4 Å². The molecular weight excluding hydrogens is 534 g/mol. The van der Waals surface area contributed by atoms with E-state index in [2.05, 4.69) is 20.4 Å². The molecule has 41 heavy (non-hydrogen) atoms. The number of carbonyl (C=O) groups excluding carboxylic acids is 1. The monoisotopic (exact) mass is 560 g/mol. The van der Waals surface area contributed by atoms with Gasteiger partial charge < -0.3 is 9.47 Å². The number of aromatic nitrogens is 6. The molecule has 11 nitrogen and oxygen atoms in total. The van der Waals surface area contributed by atoms with E-state index < -0.39 is 23.4 Å². The Morgan fingerprint density at radius 2 is 1.76 bits per heavy atom. The molecule has 0 unspecified atom stereocenters. The minimum absolute atomic E-state index is 0.0919. The summed E-state index contributed by atoms with van der Waals surface area (Å²) in [6.07, 6.45) is 3.46. The fraction of sp³-hybridized carbons (Fsp3) is 0.250. The molecule has 0 radical (unpaired) electrons. The van der Waals surface area contributed by atoms with Crippen LogP contribution in [0.15, 0.2) is 42.7 Å². The summed E-state index contributed by atoms with van der Waals surface area (Å²) in [4.78, 5) is 21.3. The Hall–Kier alpha value is -5.07. The quantitative estimate of drug-likeness (QED) is 0.301. The van der Waals surface area contributed by atoms with E-state index in [1.165, 1.54) is 19.1 Å². The minimum atomic E-state index is -1.01. The lowest BCUT2D eigenvalue weighted by molar-refractivity contribution is 0.249. The third-order valence-electron chi connectivity index (χ3n) is 7.17. The molecule has 0 spiro atoms. The van der Waals surface area contributed by atoms with Crippen LogP contribution in [-0.4, -0.2) is 50.0 Å². The van der Waals surface area contributed by atoms with Gasteiger partial charge in [-0.25, -0.2) is 18.3 Å². The van der Waals surface area contributed by atoms with Crippen LogP contribution in [0.2, 0.25) is 0 Å². The van der Waals surface area contributed by atoms with E-state index in [1.807, 2.05) is 38.4 Å². The second kappa shape index (κ2) is 9.84. The normalized spacial score (nSPS) is 13.2. The number of aryl methyl sites for hydroxylation is 3. The number of rotatable bonds is 6. The van der Waals surface area contributed by atoms with Gasteiger partial charge in [-0.05, 0) is 30.7 Å². The van der Waals surface area contributed by atoms with Gasteiger partial charge in [0.2, 0.25) is 0 Å². The molecule has 2 aromatic carbocycles. The first kappa shape index (κ1) is 26.2. The SMILES string of the molecule is COc1cc(OC)c(F)c(N2Cc3cnc(-c4cn(C)nc4C)cc3N(Cc3ccc4c(c3)nnn4C)C2=O)c1F. The van der Waals surface area contributed by atoms with Crippen molar-refractivity contribution in [2.45, 2.75) is 20.0 Å². The van der Waals surface area contributed by atoms with E-state index in [-0.39, 0.29) is 24.6 Å². The first-order valence-corrected chi connectivity index (χ1v) is 12.7. The molecule has 0 atom stereocenters. The number of nitrogens with zero attached hydrogens (tertiary/aromatic N) is 8. The van der Waals surface area contributed by atoms with Gasteiger partial charge in [0.25, 0.3) is 0 Å². The summed E-state index contributed by atoms with van der Waals surface area (Å²) in [5, 5.41) is 12.6. The number of hydrogen-bond donors (Lipinski definition) is 0. The van der Waals surface area contributed by atoms with Gasteiger partial charge in [-0.2, -0.15) is 5.10 Å². The highest BCUT2D eigenvalue weighted by Crippen LogP contribution is 2.42. The van der Waals surface area contributed by atoms with Gasteiger partial charge in [-0.3, -0.25) is 19.5 Å². The third kappa shape index (κ3) is 4.29. The number of hydrogen-bond acceptors (Lipinski definition) is 7. The van der Waals surface area contributed by atoms with E-state index >= 15 is 8.78 Å². The summed E-state index contributed by atoms with van der Waals surface area (Å²) >= 11 is 0. The van der Waals surface area contributed by atoms with Gasteiger partial charge in [0, 0.05) is 43.7 Å². The lowest BCUT2D eigenvalue weighted by Crippen LogP contribution is -2.47. The zero-order valence-corrected chi connectivity index (χ0v) is 23.0. The van der Waals surface area contributed by atoms with Crippen LogP contribution in [-0.2, 0) is 27.2 Å². The van der Waals surface area contributed by atoms with Crippen molar-refractivity contribution in [3.63, 3.8) is 0 Å². The van der Waals surface area contributed by atoms with Crippen molar-refractivity contribution in [2.75, 3.05) is 24.0 Å². The number of anilines is 2. The van der Waals surface area contributed by atoms with Crippen LogP contribution >= 0.6 is 0 Å². The highest BCUT2D eigenvalue weighted by atomic mass is 19.1. The van der Waals surface area contributed by atoms with Crippen LogP contribution in [0, 0.1) is 18.6 Å². The first-order chi connectivity index (χ1) is 19.7. The van der Waals surface area contributed by atoms with E-state index in [1.54, 1.807) is 28.7 Å². The molecule has 5 aromatic rings. The zero-order chi connectivity index (χ0) is 29.0. The molecule has 0 saturated carbocycles. The predicted molar refractivity (Wildman–Crippen MR) is 147 cm³/mol. The number of halogens is 2. The standard InChI is InChI=1S/C28H26F2N8O3/c1-15-18(14-35(2)33-15)19-9-22-17(11-31-19)13-38(27-25(29)23(40-4)10-24(41-5)26(27)30)28(39)37(22)12-16-6-7-21-20(8-16)32-34-36(21)3/h6-11,14H,12-13H2,1-5H3. The molecule has 13 heteroatoms. The Kier molecular flexibility index (Phi) is 6.28. The summed E-state index contributed by atoms with van der Waals surface area (Å²) < 4.78 is 44.7. The van der Waals surface area contributed by atoms with Gasteiger partial charge >= 0.3 is 6.03 Å². The second-order valence-corrected chi connectivity index (χ2v) is 9.75. The molecule has 4 heterocycles. The van der Waals surface area contributed by atoms with Crippen LogP contribution in [0.1, 0.15) is 16.8 Å². The third-order valence-corrected chi connectivity index (χ3v) is 7.17. The smallest absolute Gasteiger partial charge is 0.329 e. The maximum absolute atomic E-state index is 15.6. The molecule has 210 valence electrons. The van der Waals surface area contributed by atoms with Crippen molar-refractivity contribution in [1.82, 2.24) is 29.8 Å². The van der Waals surface area contributed by atoms with Crippen molar-refractivity contribution in [3.8, 4) is 22.8 Å². The van der Waals surface area contributed by atoms with Gasteiger partial charge in [0.15, 0.2) is 23.1 Å². The van der Waals surface area contributed by atoms with E-state index in [0.29, 0.717) is 22.5 Å². The number of benzene rings is 2. The average Bonchev–Trinajstić information content (AvgIpc) is 3.50. The van der Waals surface area contributed by atoms with E-state index in [9.17, 15) is 4.79 Å². The Morgan fingerprint density at radius 3 is 2.41 bits per heavy atom. The lowest BCUT2D eigenvalue weighted by Gasteiger charge is -2.37. The fourth-order valence-corrected chi connectivity index (χ4v) is 5.14. The Labute approximate surface area is 233 Å². The Bertz CT molecular complexity index is 1800. The van der Waals surface area contributed by atoms with Crippen molar-refractivity contribution in [2.24, 2.45) is 14.1 Å². The summed E-state index contributed by atoms with van der Waals surface area (Å²) in [5.41, 5.74) is 5.01. The van der Waals surface area contributed by atoms with Crippen molar-refractivity contribution in [1.29, 1.82) is 0 Å². The summed E-state index contributed by atoms with van der Waals surface area (Å²) in [5.74, 6) is -2.53. The molecular formula is C28H26F2N8O3. The van der Waals surface area contributed by atoms with Crippen LogP contribution in [0.3, 0.4) is 0 Å². The number of amides is 2. The molecule has 3 aromatic heterocycles. The summed E-state index contributed by atoms with van der Waals surface area (Å²) in [7, 11) is 6.12. The van der Waals surface area contributed by atoms with Crippen LogP contribution < -0.4 is 19.3 Å². The second-order valence-electron chi connectivity index (χ2n) is 9.75. The number of carbonyl (C=O) groups is 1. The number of ether oxygens (including phenoxy) is 2. The highest BCUT2D eigenvalue weighted by Gasteiger charge is 2.37. The van der Waals surface area contributed by atoms with E-state index in [4.69, 9.17) is 9.47 Å². The molecule has 2 amide bonds. The molecule has 0 bridgehead atoms. The fourth-order valence-electron chi connectivity index (χ4n) is 5.14. The van der Waals surface area contributed by atoms with Crippen LogP contribution in [0.5, 0.6) is 11.5 Å². The molecule has 0 aliphatic carbocycles. The maximum Gasteiger partial charge on any atom is 0.329 e. The molecule has 1 aliphatic rings. The van der Waals surface area contributed by atoms with Crippen molar-refractivity contribution in [3.05, 3.63) is 71.2 Å². The van der Waals surface area contributed by atoms with Gasteiger partial charge in [-0.1, -0.05) is 11.3 Å². The minimum Gasteiger partial charge on any atom is -0.493 e. The largest absolute Gasteiger partial charge is 0.493 e. The Morgan fingerprint density at radius 1 is 1.02 bits per heavy atom.